The molecule has 1 aromatic carbocycles. The molecule has 1 aromatic rings. The third-order valence-corrected chi connectivity index (χ3v) is 3.57. The molecule has 0 aliphatic carbocycles. The molecule has 1 rings (SSSR count). The molecule has 0 radical (unpaired) electrons. The fraction of sp³-hybridized carbons (Fsp3) is 0.562. The molecule has 4 heteroatoms. The summed E-state index contributed by atoms with van der Waals surface area (Å²) in [5.74, 6) is 0.217. The van der Waals surface area contributed by atoms with E-state index >= 15 is 0 Å². The average molecular weight is 279 g/mol. The van der Waals surface area contributed by atoms with Crippen molar-refractivity contribution in [3.8, 4) is 5.75 Å². The molecule has 0 saturated carbocycles. The van der Waals surface area contributed by atoms with Crippen molar-refractivity contribution >= 4 is 5.91 Å². The molecule has 0 aliphatic rings. The van der Waals surface area contributed by atoms with Crippen LogP contribution >= 0.6 is 0 Å². The first-order chi connectivity index (χ1) is 9.63. The van der Waals surface area contributed by atoms with Crippen molar-refractivity contribution in [2.45, 2.75) is 39.2 Å². The lowest BCUT2D eigenvalue weighted by Gasteiger charge is -2.30. The number of hydrogen-bond acceptors (Lipinski definition) is 3. The number of aromatic hydroxyl groups is 1. The molecular formula is C16H25NO3. The normalized spacial score (nSPS) is 10.8. The number of para-hydroxylation sites is 1. The van der Waals surface area contributed by atoms with Gasteiger partial charge in [-0.1, -0.05) is 32.0 Å². The van der Waals surface area contributed by atoms with Gasteiger partial charge in [0.25, 0.3) is 0 Å². The molecule has 0 aromatic heterocycles. The van der Waals surface area contributed by atoms with Crippen LogP contribution in [-0.4, -0.2) is 42.2 Å². The van der Waals surface area contributed by atoms with Crippen molar-refractivity contribution in [1.82, 2.24) is 4.90 Å². The van der Waals surface area contributed by atoms with E-state index in [1.807, 2.05) is 11.0 Å². The SMILES string of the molecule is CCC(CC)N(CCOC)C(=O)Cc1ccccc1O. The highest BCUT2D eigenvalue weighted by atomic mass is 16.5. The lowest BCUT2D eigenvalue weighted by atomic mass is 10.1. The molecule has 0 fully saturated rings. The van der Waals surface area contributed by atoms with Crippen molar-refractivity contribution in [3.63, 3.8) is 0 Å². The van der Waals surface area contributed by atoms with Gasteiger partial charge >= 0.3 is 0 Å². The Balaban J connectivity index is 2.79. The van der Waals surface area contributed by atoms with E-state index in [2.05, 4.69) is 13.8 Å². The maximum Gasteiger partial charge on any atom is 0.227 e. The number of phenols is 1. The van der Waals surface area contributed by atoms with E-state index in [9.17, 15) is 9.90 Å². The summed E-state index contributed by atoms with van der Waals surface area (Å²) in [6.45, 7) is 5.29. The zero-order valence-electron chi connectivity index (χ0n) is 12.6. The standard InChI is InChI=1S/C16H25NO3/c1-4-14(5-2)17(10-11-20-3)16(19)12-13-8-6-7-9-15(13)18/h6-9,14,18H,4-5,10-12H2,1-3H3. The number of phenolic OH excluding ortho intramolecular Hbond substituents is 1. The summed E-state index contributed by atoms with van der Waals surface area (Å²) in [6, 6.07) is 7.21. The van der Waals surface area contributed by atoms with Crippen molar-refractivity contribution in [2.24, 2.45) is 0 Å². The number of methoxy groups -OCH3 is 1. The third-order valence-electron chi connectivity index (χ3n) is 3.57. The Hall–Kier alpha value is -1.55. The summed E-state index contributed by atoms with van der Waals surface area (Å²) in [4.78, 5) is 14.4. The Labute approximate surface area is 121 Å². The van der Waals surface area contributed by atoms with Gasteiger partial charge in [0, 0.05) is 25.3 Å². The first-order valence-electron chi connectivity index (χ1n) is 7.19. The van der Waals surface area contributed by atoms with Gasteiger partial charge in [-0.15, -0.1) is 0 Å². The second-order valence-corrected chi connectivity index (χ2v) is 4.86. The molecule has 20 heavy (non-hydrogen) atoms. The number of carbonyl (C=O) groups is 1. The van der Waals surface area contributed by atoms with Crippen LogP contribution in [0.5, 0.6) is 5.75 Å². The van der Waals surface area contributed by atoms with Crippen molar-refractivity contribution in [2.75, 3.05) is 20.3 Å². The van der Waals surface area contributed by atoms with Gasteiger partial charge in [-0.25, -0.2) is 0 Å². The zero-order valence-corrected chi connectivity index (χ0v) is 12.6. The summed E-state index contributed by atoms with van der Waals surface area (Å²) >= 11 is 0. The van der Waals surface area contributed by atoms with Crippen molar-refractivity contribution in [1.29, 1.82) is 0 Å². The number of nitrogens with zero attached hydrogens (tertiary/aromatic N) is 1. The highest BCUT2D eigenvalue weighted by Gasteiger charge is 2.21. The highest BCUT2D eigenvalue weighted by molar-refractivity contribution is 5.79. The fourth-order valence-electron chi connectivity index (χ4n) is 2.35. The lowest BCUT2D eigenvalue weighted by Crippen LogP contribution is -2.42. The number of rotatable bonds is 8. The molecule has 0 aliphatic heterocycles. The van der Waals surface area contributed by atoms with Crippen LogP contribution in [-0.2, 0) is 16.0 Å². The lowest BCUT2D eigenvalue weighted by molar-refractivity contribution is -0.133. The van der Waals surface area contributed by atoms with E-state index in [0.29, 0.717) is 18.7 Å². The van der Waals surface area contributed by atoms with E-state index in [-0.39, 0.29) is 24.1 Å². The van der Waals surface area contributed by atoms with Crippen LogP contribution in [0.2, 0.25) is 0 Å². The van der Waals surface area contributed by atoms with Crippen LogP contribution in [0.1, 0.15) is 32.3 Å². The summed E-state index contributed by atoms with van der Waals surface area (Å²) in [5, 5.41) is 9.77. The van der Waals surface area contributed by atoms with E-state index in [4.69, 9.17) is 4.74 Å². The summed E-state index contributed by atoms with van der Waals surface area (Å²) < 4.78 is 5.09. The minimum Gasteiger partial charge on any atom is -0.508 e. The monoisotopic (exact) mass is 279 g/mol. The molecule has 0 bridgehead atoms. The van der Waals surface area contributed by atoms with Crippen molar-refractivity contribution < 1.29 is 14.6 Å². The second kappa shape index (κ2) is 8.59. The minimum absolute atomic E-state index is 0.0391. The average Bonchev–Trinajstić information content (AvgIpc) is 2.45. The van der Waals surface area contributed by atoms with E-state index in [1.165, 1.54) is 0 Å². The van der Waals surface area contributed by atoms with Gasteiger partial charge in [0.2, 0.25) is 5.91 Å². The topological polar surface area (TPSA) is 49.8 Å². The molecule has 0 heterocycles. The maximum atomic E-state index is 12.5. The predicted octanol–water partition coefficient (Wildman–Crippen LogP) is 2.60. The smallest absolute Gasteiger partial charge is 0.227 e. The molecule has 0 atom stereocenters. The predicted molar refractivity (Wildman–Crippen MR) is 79.8 cm³/mol. The van der Waals surface area contributed by atoms with Crippen LogP contribution < -0.4 is 0 Å². The Bertz CT molecular complexity index is 416. The van der Waals surface area contributed by atoms with Gasteiger partial charge in [-0.05, 0) is 18.9 Å². The van der Waals surface area contributed by atoms with Gasteiger partial charge in [0.15, 0.2) is 0 Å². The Morgan fingerprint density at radius 3 is 2.50 bits per heavy atom. The van der Waals surface area contributed by atoms with Gasteiger partial charge in [0.1, 0.15) is 5.75 Å². The number of hydrogen-bond donors (Lipinski definition) is 1. The van der Waals surface area contributed by atoms with E-state index in [1.54, 1.807) is 25.3 Å². The Kier molecular flexibility index (Phi) is 7.09. The van der Waals surface area contributed by atoms with Crippen LogP contribution in [0.3, 0.4) is 0 Å². The van der Waals surface area contributed by atoms with Crippen LogP contribution in [0.4, 0.5) is 0 Å². The quantitative estimate of drug-likeness (QED) is 0.795. The molecule has 1 N–H and O–H groups in total. The van der Waals surface area contributed by atoms with E-state index in [0.717, 1.165) is 12.8 Å². The van der Waals surface area contributed by atoms with Crippen LogP contribution in [0.25, 0.3) is 0 Å². The Morgan fingerprint density at radius 1 is 1.30 bits per heavy atom. The molecular weight excluding hydrogens is 254 g/mol. The Morgan fingerprint density at radius 2 is 1.95 bits per heavy atom. The first-order valence-corrected chi connectivity index (χ1v) is 7.19. The zero-order chi connectivity index (χ0) is 15.0. The molecule has 0 spiro atoms. The third kappa shape index (κ3) is 4.53. The van der Waals surface area contributed by atoms with Gasteiger partial charge < -0.3 is 14.7 Å². The number of carbonyl (C=O) groups excluding carboxylic acids is 1. The van der Waals surface area contributed by atoms with Gasteiger partial charge in [-0.2, -0.15) is 0 Å². The van der Waals surface area contributed by atoms with Crippen LogP contribution in [0, 0.1) is 0 Å². The maximum absolute atomic E-state index is 12.5. The van der Waals surface area contributed by atoms with Gasteiger partial charge in [-0.3, -0.25) is 4.79 Å². The van der Waals surface area contributed by atoms with E-state index < -0.39 is 0 Å². The highest BCUT2D eigenvalue weighted by Crippen LogP contribution is 2.18. The summed E-state index contributed by atoms with van der Waals surface area (Å²) in [6.07, 6.45) is 2.08. The summed E-state index contributed by atoms with van der Waals surface area (Å²) in [7, 11) is 1.64. The first kappa shape index (κ1) is 16.5. The minimum atomic E-state index is 0.0391. The number of benzene rings is 1. The fourth-order valence-corrected chi connectivity index (χ4v) is 2.35. The largest absolute Gasteiger partial charge is 0.508 e. The van der Waals surface area contributed by atoms with Crippen LogP contribution in [0.15, 0.2) is 24.3 Å². The van der Waals surface area contributed by atoms with Gasteiger partial charge in [0.05, 0.1) is 13.0 Å². The number of amides is 1. The second-order valence-electron chi connectivity index (χ2n) is 4.86. The molecule has 0 unspecified atom stereocenters. The molecule has 112 valence electrons. The number of ether oxygens (including phenoxy) is 1. The van der Waals surface area contributed by atoms with Crippen molar-refractivity contribution in [3.05, 3.63) is 29.8 Å². The summed E-state index contributed by atoms with van der Waals surface area (Å²) in [5.41, 5.74) is 0.672. The molecule has 4 nitrogen and oxygen atoms in total. The molecule has 1 amide bonds. The molecule has 0 saturated heterocycles.